The summed E-state index contributed by atoms with van der Waals surface area (Å²) >= 11 is 7.86. The third-order valence-electron chi connectivity index (χ3n) is 4.63. The maximum absolute atomic E-state index is 6.10. The van der Waals surface area contributed by atoms with Crippen molar-refractivity contribution < 1.29 is 4.74 Å². The minimum Gasteiger partial charge on any atom is -0.369 e. The van der Waals surface area contributed by atoms with E-state index in [1.54, 1.807) is 11.3 Å². The third-order valence-corrected chi connectivity index (χ3v) is 5.76. The van der Waals surface area contributed by atoms with E-state index in [0.717, 1.165) is 54.1 Å². The van der Waals surface area contributed by atoms with Crippen molar-refractivity contribution in [2.75, 3.05) is 19.7 Å². The largest absolute Gasteiger partial charge is 0.369 e. The van der Waals surface area contributed by atoms with Crippen LogP contribution in [0.25, 0.3) is 0 Å². The topological polar surface area (TPSA) is 38.2 Å². The Kier molecular flexibility index (Phi) is 5.83. The van der Waals surface area contributed by atoms with Gasteiger partial charge in [0.25, 0.3) is 0 Å². The van der Waals surface area contributed by atoms with Crippen LogP contribution in [0, 0.1) is 6.92 Å². The first-order chi connectivity index (χ1) is 13.2. The molecule has 0 N–H and O–H groups in total. The molecule has 1 aromatic carbocycles. The Morgan fingerprint density at radius 3 is 2.96 bits per heavy atom. The zero-order chi connectivity index (χ0) is 18.6. The standard InChI is InChI=1S/C21H22ClN3OS/c1-15-23-12-19(27-15)13-25-8-9-26-21(14-25)20-7-3-6-18(24-20)11-16-4-2-5-17(22)10-16/h2-7,10,12,21H,8-9,11,13-14H2,1H3/t21-/m1/s1. The summed E-state index contributed by atoms with van der Waals surface area (Å²) in [6.07, 6.45) is 2.76. The number of aryl methyl sites for hydroxylation is 1. The summed E-state index contributed by atoms with van der Waals surface area (Å²) in [6.45, 7) is 5.49. The molecule has 1 atom stereocenters. The van der Waals surface area contributed by atoms with Crippen LogP contribution in [0.4, 0.5) is 0 Å². The molecular weight excluding hydrogens is 378 g/mol. The van der Waals surface area contributed by atoms with E-state index in [4.69, 9.17) is 21.3 Å². The first-order valence-electron chi connectivity index (χ1n) is 9.11. The first kappa shape index (κ1) is 18.6. The van der Waals surface area contributed by atoms with Gasteiger partial charge in [0.2, 0.25) is 0 Å². The maximum Gasteiger partial charge on any atom is 0.112 e. The van der Waals surface area contributed by atoms with Crippen molar-refractivity contribution in [1.29, 1.82) is 0 Å². The molecule has 2 aromatic heterocycles. The van der Waals surface area contributed by atoms with Gasteiger partial charge in [0.05, 0.1) is 17.3 Å². The lowest BCUT2D eigenvalue weighted by molar-refractivity contribution is -0.0347. The molecule has 140 valence electrons. The molecule has 0 saturated carbocycles. The fourth-order valence-electron chi connectivity index (χ4n) is 3.36. The normalized spacial score (nSPS) is 17.9. The van der Waals surface area contributed by atoms with E-state index in [2.05, 4.69) is 34.1 Å². The number of thiazole rings is 1. The zero-order valence-electron chi connectivity index (χ0n) is 15.3. The molecule has 0 radical (unpaired) electrons. The predicted molar refractivity (Wildman–Crippen MR) is 109 cm³/mol. The lowest BCUT2D eigenvalue weighted by atomic mass is 10.1. The zero-order valence-corrected chi connectivity index (χ0v) is 16.8. The van der Waals surface area contributed by atoms with E-state index in [-0.39, 0.29) is 6.10 Å². The number of ether oxygens (including phenoxy) is 1. The van der Waals surface area contributed by atoms with Crippen LogP contribution in [0.2, 0.25) is 5.02 Å². The van der Waals surface area contributed by atoms with Crippen LogP contribution in [-0.2, 0) is 17.7 Å². The molecular formula is C21H22ClN3OS. The van der Waals surface area contributed by atoms with Crippen LogP contribution in [-0.4, -0.2) is 34.6 Å². The predicted octanol–water partition coefficient (Wildman–Crippen LogP) is 4.66. The Bertz CT molecular complexity index is 914. The van der Waals surface area contributed by atoms with Gasteiger partial charge in [-0.3, -0.25) is 9.88 Å². The number of hydrogen-bond donors (Lipinski definition) is 0. The highest BCUT2D eigenvalue weighted by Gasteiger charge is 2.23. The van der Waals surface area contributed by atoms with Crippen LogP contribution in [0.5, 0.6) is 0 Å². The minimum absolute atomic E-state index is 0.00656. The van der Waals surface area contributed by atoms with Gasteiger partial charge in [-0.1, -0.05) is 29.8 Å². The summed E-state index contributed by atoms with van der Waals surface area (Å²) in [4.78, 5) is 12.9. The second kappa shape index (κ2) is 8.48. The average molecular weight is 400 g/mol. The molecule has 0 bridgehead atoms. The van der Waals surface area contributed by atoms with Gasteiger partial charge in [-0.25, -0.2) is 4.98 Å². The molecule has 6 heteroatoms. The molecule has 27 heavy (non-hydrogen) atoms. The number of halogens is 1. The van der Waals surface area contributed by atoms with Crippen LogP contribution in [0.15, 0.2) is 48.7 Å². The Hall–Kier alpha value is -1.79. The molecule has 1 fully saturated rings. The molecule has 0 aliphatic carbocycles. The van der Waals surface area contributed by atoms with Crippen molar-refractivity contribution in [2.45, 2.75) is 26.0 Å². The Labute approximate surface area is 168 Å². The SMILES string of the molecule is Cc1ncc(CN2CCO[C@@H](c3cccc(Cc4cccc(Cl)c4)n3)C2)s1. The van der Waals surface area contributed by atoms with E-state index in [0.29, 0.717) is 0 Å². The monoisotopic (exact) mass is 399 g/mol. The molecule has 3 aromatic rings. The number of morpholine rings is 1. The van der Waals surface area contributed by atoms with Crippen molar-refractivity contribution >= 4 is 22.9 Å². The number of hydrogen-bond acceptors (Lipinski definition) is 5. The maximum atomic E-state index is 6.10. The van der Waals surface area contributed by atoms with Crippen LogP contribution in [0.3, 0.4) is 0 Å². The number of nitrogens with zero attached hydrogens (tertiary/aromatic N) is 3. The Balaban J connectivity index is 1.44. The summed E-state index contributed by atoms with van der Waals surface area (Å²) in [5.74, 6) is 0. The Morgan fingerprint density at radius 2 is 2.15 bits per heavy atom. The van der Waals surface area contributed by atoms with Gasteiger partial charge < -0.3 is 4.74 Å². The van der Waals surface area contributed by atoms with Gasteiger partial charge in [0.1, 0.15) is 6.10 Å². The lowest BCUT2D eigenvalue weighted by Crippen LogP contribution is -2.38. The second-order valence-corrected chi connectivity index (χ2v) is 8.56. The summed E-state index contributed by atoms with van der Waals surface area (Å²) < 4.78 is 6.02. The summed E-state index contributed by atoms with van der Waals surface area (Å²) in [6, 6.07) is 14.1. The molecule has 4 rings (SSSR count). The first-order valence-corrected chi connectivity index (χ1v) is 10.3. The van der Waals surface area contributed by atoms with E-state index in [9.17, 15) is 0 Å². The van der Waals surface area contributed by atoms with Crippen molar-refractivity contribution in [2.24, 2.45) is 0 Å². The van der Waals surface area contributed by atoms with Crippen LogP contribution in [0.1, 0.15) is 32.9 Å². The van der Waals surface area contributed by atoms with Gasteiger partial charge in [0, 0.05) is 47.8 Å². The highest BCUT2D eigenvalue weighted by molar-refractivity contribution is 7.11. The quantitative estimate of drug-likeness (QED) is 0.625. The van der Waals surface area contributed by atoms with Crippen molar-refractivity contribution in [1.82, 2.24) is 14.9 Å². The highest BCUT2D eigenvalue weighted by Crippen LogP contribution is 2.24. The van der Waals surface area contributed by atoms with E-state index < -0.39 is 0 Å². The number of benzene rings is 1. The van der Waals surface area contributed by atoms with E-state index >= 15 is 0 Å². The van der Waals surface area contributed by atoms with Crippen molar-refractivity contribution in [3.8, 4) is 0 Å². The molecule has 1 aliphatic heterocycles. The molecule has 1 saturated heterocycles. The number of pyridine rings is 1. The molecule has 0 spiro atoms. The second-order valence-electron chi connectivity index (χ2n) is 6.80. The smallest absolute Gasteiger partial charge is 0.112 e. The summed E-state index contributed by atoms with van der Waals surface area (Å²) in [5, 5.41) is 1.87. The number of rotatable bonds is 5. The third kappa shape index (κ3) is 4.93. The van der Waals surface area contributed by atoms with E-state index in [1.807, 2.05) is 31.3 Å². The van der Waals surface area contributed by atoms with Crippen molar-refractivity contribution in [3.05, 3.63) is 80.5 Å². The fraction of sp³-hybridized carbons (Fsp3) is 0.333. The van der Waals surface area contributed by atoms with E-state index in [1.165, 1.54) is 10.4 Å². The average Bonchev–Trinajstić information content (AvgIpc) is 3.07. The molecule has 1 aliphatic rings. The molecule has 0 unspecified atom stereocenters. The number of aromatic nitrogens is 2. The van der Waals surface area contributed by atoms with Gasteiger partial charge in [-0.05, 0) is 36.8 Å². The minimum atomic E-state index is 0.00656. The van der Waals surface area contributed by atoms with Crippen LogP contribution >= 0.6 is 22.9 Å². The van der Waals surface area contributed by atoms with Gasteiger partial charge >= 0.3 is 0 Å². The van der Waals surface area contributed by atoms with Gasteiger partial charge in [0.15, 0.2) is 0 Å². The van der Waals surface area contributed by atoms with Crippen LogP contribution < -0.4 is 0 Å². The summed E-state index contributed by atoms with van der Waals surface area (Å²) in [7, 11) is 0. The fourth-order valence-corrected chi connectivity index (χ4v) is 4.41. The van der Waals surface area contributed by atoms with Gasteiger partial charge in [-0.15, -0.1) is 11.3 Å². The van der Waals surface area contributed by atoms with Gasteiger partial charge in [-0.2, -0.15) is 0 Å². The van der Waals surface area contributed by atoms with Crippen molar-refractivity contribution in [3.63, 3.8) is 0 Å². The summed E-state index contributed by atoms with van der Waals surface area (Å²) in [5.41, 5.74) is 3.20. The highest BCUT2D eigenvalue weighted by atomic mass is 35.5. The molecule has 0 amide bonds. The Morgan fingerprint density at radius 1 is 1.26 bits per heavy atom. The molecule has 3 heterocycles. The lowest BCUT2D eigenvalue weighted by Gasteiger charge is -2.32. The molecule has 4 nitrogen and oxygen atoms in total.